The van der Waals surface area contributed by atoms with E-state index < -0.39 is 11.6 Å². The van der Waals surface area contributed by atoms with Gasteiger partial charge in [0.15, 0.2) is 0 Å². The van der Waals surface area contributed by atoms with Gasteiger partial charge in [0.25, 0.3) is 0 Å². The van der Waals surface area contributed by atoms with Gasteiger partial charge in [0.2, 0.25) is 0 Å². The lowest BCUT2D eigenvalue weighted by Gasteiger charge is -2.14. The van der Waals surface area contributed by atoms with Crippen LogP contribution in [-0.4, -0.2) is 5.25 Å². The Morgan fingerprint density at radius 2 is 2.13 bits per heavy atom. The van der Waals surface area contributed by atoms with Crippen molar-refractivity contribution in [3.63, 3.8) is 0 Å². The molecular formula is C11H13F2NS. The highest BCUT2D eigenvalue weighted by Crippen LogP contribution is 2.35. The molecule has 0 fully saturated rings. The molecule has 0 radical (unpaired) electrons. The van der Waals surface area contributed by atoms with Crippen LogP contribution in [0.15, 0.2) is 12.1 Å². The zero-order chi connectivity index (χ0) is 11.0. The van der Waals surface area contributed by atoms with Crippen molar-refractivity contribution in [1.29, 1.82) is 0 Å². The zero-order valence-corrected chi connectivity index (χ0v) is 9.28. The summed E-state index contributed by atoms with van der Waals surface area (Å²) in [6.07, 6.45) is 0.736. The number of thioether (sulfide) groups is 1. The quantitative estimate of drug-likeness (QED) is 0.740. The van der Waals surface area contributed by atoms with E-state index in [0.29, 0.717) is 22.1 Å². The van der Waals surface area contributed by atoms with Crippen molar-refractivity contribution in [1.82, 2.24) is 0 Å². The number of nitrogens with two attached hydrogens (primary N) is 1. The van der Waals surface area contributed by atoms with E-state index in [0.717, 1.165) is 12.5 Å². The van der Waals surface area contributed by atoms with Crippen LogP contribution in [0.4, 0.5) is 8.78 Å². The third kappa shape index (κ3) is 2.16. The number of hydrogen-bond donors (Lipinski definition) is 1. The molecule has 2 atom stereocenters. The summed E-state index contributed by atoms with van der Waals surface area (Å²) in [5, 5.41) is 0.384. The molecule has 0 spiro atoms. The van der Waals surface area contributed by atoms with Crippen molar-refractivity contribution < 1.29 is 8.78 Å². The summed E-state index contributed by atoms with van der Waals surface area (Å²) in [7, 11) is 0. The molecule has 0 saturated carbocycles. The van der Waals surface area contributed by atoms with Crippen LogP contribution in [0.3, 0.4) is 0 Å². The fourth-order valence-corrected chi connectivity index (χ4v) is 2.99. The lowest BCUT2D eigenvalue weighted by atomic mass is 9.98. The number of halogens is 2. The van der Waals surface area contributed by atoms with Gasteiger partial charge in [-0.3, -0.25) is 0 Å². The summed E-state index contributed by atoms with van der Waals surface area (Å²) in [5.74, 6) is -0.389. The van der Waals surface area contributed by atoms with Gasteiger partial charge in [0.05, 0.1) is 0 Å². The predicted octanol–water partition coefficient (Wildman–Crippen LogP) is 2.99. The second kappa shape index (κ2) is 4.10. The van der Waals surface area contributed by atoms with Crippen LogP contribution in [0.25, 0.3) is 0 Å². The number of fused-ring (bicyclic) bond motifs is 1. The Morgan fingerprint density at radius 1 is 1.40 bits per heavy atom. The van der Waals surface area contributed by atoms with E-state index in [9.17, 15) is 8.78 Å². The maximum Gasteiger partial charge on any atom is 0.131 e. The first kappa shape index (κ1) is 10.9. The van der Waals surface area contributed by atoms with Crippen LogP contribution in [0.5, 0.6) is 0 Å². The molecule has 0 aliphatic carbocycles. The van der Waals surface area contributed by atoms with E-state index >= 15 is 0 Å². The molecule has 0 saturated heterocycles. The van der Waals surface area contributed by atoms with Crippen molar-refractivity contribution in [3.05, 3.63) is 34.9 Å². The minimum atomic E-state index is -0.520. The molecule has 1 aliphatic heterocycles. The zero-order valence-electron chi connectivity index (χ0n) is 8.47. The molecule has 4 heteroatoms. The third-order valence-corrected chi connectivity index (χ3v) is 3.90. The van der Waals surface area contributed by atoms with E-state index in [-0.39, 0.29) is 6.04 Å². The molecule has 0 aromatic heterocycles. The molecule has 1 unspecified atom stereocenters. The number of hydrogen-bond acceptors (Lipinski definition) is 2. The first-order valence-corrected chi connectivity index (χ1v) is 5.98. The molecule has 82 valence electrons. The minimum absolute atomic E-state index is 0.314. The van der Waals surface area contributed by atoms with Crippen LogP contribution >= 0.6 is 11.8 Å². The van der Waals surface area contributed by atoms with Gasteiger partial charge in [0, 0.05) is 28.7 Å². The van der Waals surface area contributed by atoms with Crippen molar-refractivity contribution in [2.45, 2.75) is 30.4 Å². The van der Waals surface area contributed by atoms with Gasteiger partial charge in [-0.2, -0.15) is 11.8 Å². The van der Waals surface area contributed by atoms with Crippen LogP contribution < -0.4 is 5.73 Å². The summed E-state index contributed by atoms with van der Waals surface area (Å²) < 4.78 is 26.6. The highest BCUT2D eigenvalue weighted by molar-refractivity contribution is 7.99. The third-order valence-electron chi connectivity index (χ3n) is 2.66. The van der Waals surface area contributed by atoms with Gasteiger partial charge >= 0.3 is 0 Å². The van der Waals surface area contributed by atoms with Crippen molar-refractivity contribution >= 4 is 11.8 Å². The number of rotatable bonds is 0. The van der Waals surface area contributed by atoms with Gasteiger partial charge < -0.3 is 5.73 Å². The van der Waals surface area contributed by atoms with Crippen LogP contribution in [-0.2, 0) is 5.75 Å². The van der Waals surface area contributed by atoms with Crippen LogP contribution in [0.2, 0.25) is 0 Å². The molecule has 2 rings (SSSR count). The Balaban J connectivity index is 2.48. The maximum atomic E-state index is 13.6. The summed E-state index contributed by atoms with van der Waals surface area (Å²) in [6.45, 7) is 2.06. The van der Waals surface area contributed by atoms with Crippen molar-refractivity contribution in [2.75, 3.05) is 0 Å². The summed E-state index contributed by atoms with van der Waals surface area (Å²) in [4.78, 5) is 0. The van der Waals surface area contributed by atoms with E-state index in [1.54, 1.807) is 11.8 Å². The Bertz CT molecular complexity index is 381. The summed E-state index contributed by atoms with van der Waals surface area (Å²) in [6, 6.07) is 1.99. The normalized spacial score (nSPS) is 25.9. The highest BCUT2D eigenvalue weighted by Gasteiger charge is 2.23. The minimum Gasteiger partial charge on any atom is -0.324 e. The average molecular weight is 229 g/mol. The van der Waals surface area contributed by atoms with Gasteiger partial charge in [-0.15, -0.1) is 0 Å². The molecule has 2 N–H and O–H groups in total. The average Bonchev–Trinajstić information content (AvgIpc) is 2.25. The van der Waals surface area contributed by atoms with Gasteiger partial charge in [-0.25, -0.2) is 8.78 Å². The van der Waals surface area contributed by atoms with Crippen molar-refractivity contribution in [2.24, 2.45) is 5.73 Å². The Kier molecular flexibility index (Phi) is 2.98. The monoisotopic (exact) mass is 229 g/mol. The maximum absolute atomic E-state index is 13.6. The predicted molar refractivity (Wildman–Crippen MR) is 58.7 cm³/mol. The second-order valence-corrected chi connectivity index (χ2v) is 5.35. The Labute approximate surface area is 92.0 Å². The van der Waals surface area contributed by atoms with E-state index in [1.165, 1.54) is 6.07 Å². The molecule has 1 aromatic rings. The van der Waals surface area contributed by atoms with E-state index in [4.69, 9.17) is 5.73 Å². The van der Waals surface area contributed by atoms with Gasteiger partial charge in [0.1, 0.15) is 11.6 Å². The topological polar surface area (TPSA) is 26.0 Å². The summed E-state index contributed by atoms with van der Waals surface area (Å²) in [5.41, 5.74) is 7.11. The molecule has 1 aliphatic rings. The highest BCUT2D eigenvalue weighted by atomic mass is 32.2. The smallest absolute Gasteiger partial charge is 0.131 e. The largest absolute Gasteiger partial charge is 0.324 e. The SMILES string of the molecule is CC1C[C@H](N)c2c(F)cc(F)cc2CS1. The lowest BCUT2D eigenvalue weighted by molar-refractivity contribution is 0.542. The number of benzene rings is 1. The van der Waals surface area contributed by atoms with E-state index in [2.05, 4.69) is 6.92 Å². The van der Waals surface area contributed by atoms with Gasteiger partial charge in [-0.05, 0) is 18.1 Å². The Morgan fingerprint density at radius 3 is 2.87 bits per heavy atom. The Hall–Kier alpha value is -0.610. The molecule has 15 heavy (non-hydrogen) atoms. The molecular weight excluding hydrogens is 216 g/mol. The van der Waals surface area contributed by atoms with Crippen LogP contribution in [0, 0.1) is 11.6 Å². The molecule has 1 heterocycles. The first-order chi connectivity index (χ1) is 7.08. The molecule has 0 amide bonds. The summed E-state index contributed by atoms with van der Waals surface area (Å²) >= 11 is 1.69. The van der Waals surface area contributed by atoms with Gasteiger partial charge in [-0.1, -0.05) is 6.92 Å². The molecule has 1 nitrogen and oxygen atoms in total. The standard InChI is InChI=1S/C11H13F2NS/c1-6-2-10(14)11-7(5-15-6)3-8(12)4-9(11)13/h3-4,6,10H,2,5,14H2,1H3/t6?,10-/m0/s1. The fraction of sp³-hybridized carbons (Fsp3) is 0.455. The fourth-order valence-electron chi connectivity index (χ4n) is 1.95. The molecule has 0 bridgehead atoms. The second-order valence-electron chi connectivity index (χ2n) is 3.92. The van der Waals surface area contributed by atoms with E-state index in [1.807, 2.05) is 0 Å². The van der Waals surface area contributed by atoms with Crippen LogP contribution in [0.1, 0.15) is 30.5 Å². The molecule has 1 aromatic carbocycles. The van der Waals surface area contributed by atoms with Crippen molar-refractivity contribution in [3.8, 4) is 0 Å². The lowest BCUT2D eigenvalue weighted by Crippen LogP contribution is -2.16. The first-order valence-electron chi connectivity index (χ1n) is 4.93.